The summed E-state index contributed by atoms with van der Waals surface area (Å²) < 4.78 is 1.69. The molecular weight excluding hydrogens is 298 g/mol. The van der Waals surface area contributed by atoms with Gasteiger partial charge in [-0.1, -0.05) is 47.1 Å². The third kappa shape index (κ3) is 3.50. The quantitative estimate of drug-likeness (QED) is 0.735. The molecule has 5 nitrogen and oxygen atoms in total. The molecule has 0 aliphatic rings. The molecule has 0 aliphatic carbocycles. The van der Waals surface area contributed by atoms with Crippen molar-refractivity contribution in [1.29, 1.82) is 0 Å². The van der Waals surface area contributed by atoms with Crippen LogP contribution in [-0.4, -0.2) is 20.0 Å². The van der Waals surface area contributed by atoms with Crippen molar-refractivity contribution in [3.63, 3.8) is 0 Å². The highest BCUT2D eigenvalue weighted by Crippen LogP contribution is 2.16. The van der Waals surface area contributed by atoms with Crippen LogP contribution in [0.2, 0.25) is 5.15 Å². The van der Waals surface area contributed by atoms with Gasteiger partial charge in [0, 0.05) is 6.04 Å². The Morgan fingerprint density at radius 3 is 2.68 bits per heavy atom. The second-order valence-electron chi connectivity index (χ2n) is 5.05. The SMILES string of the molecule is NC(CCc1cn(-c2ccc(Cl)nc2)nn1)c1ccccc1. The van der Waals surface area contributed by atoms with Gasteiger partial charge in [0.25, 0.3) is 0 Å². The smallest absolute Gasteiger partial charge is 0.129 e. The van der Waals surface area contributed by atoms with Crippen molar-refractivity contribution >= 4 is 11.6 Å². The normalized spacial score (nSPS) is 12.3. The maximum Gasteiger partial charge on any atom is 0.129 e. The summed E-state index contributed by atoms with van der Waals surface area (Å²) >= 11 is 5.78. The lowest BCUT2D eigenvalue weighted by Gasteiger charge is -2.10. The standard InChI is InChI=1S/C16H16ClN5/c17-16-9-7-14(10-19-16)22-11-13(20-21-22)6-8-15(18)12-4-2-1-3-5-12/h1-5,7,9-11,15H,6,8,18H2. The van der Waals surface area contributed by atoms with E-state index in [1.807, 2.05) is 42.6 Å². The van der Waals surface area contributed by atoms with Crippen LogP contribution >= 0.6 is 11.6 Å². The van der Waals surface area contributed by atoms with Gasteiger partial charge in [0.05, 0.1) is 23.8 Å². The number of rotatable bonds is 5. The summed E-state index contributed by atoms with van der Waals surface area (Å²) in [5.41, 5.74) is 9.07. The predicted molar refractivity (Wildman–Crippen MR) is 85.9 cm³/mol. The van der Waals surface area contributed by atoms with Gasteiger partial charge in [0.1, 0.15) is 5.15 Å². The molecule has 3 aromatic rings. The fraction of sp³-hybridized carbons (Fsp3) is 0.188. The van der Waals surface area contributed by atoms with E-state index in [1.54, 1.807) is 16.9 Å². The summed E-state index contributed by atoms with van der Waals surface area (Å²) in [6.45, 7) is 0. The Morgan fingerprint density at radius 1 is 1.14 bits per heavy atom. The van der Waals surface area contributed by atoms with E-state index in [0.717, 1.165) is 29.8 Å². The number of hydrogen-bond acceptors (Lipinski definition) is 4. The number of pyridine rings is 1. The molecule has 0 saturated heterocycles. The maximum absolute atomic E-state index is 6.20. The van der Waals surface area contributed by atoms with Crippen molar-refractivity contribution in [1.82, 2.24) is 20.0 Å². The number of nitrogens with zero attached hydrogens (tertiary/aromatic N) is 4. The summed E-state index contributed by atoms with van der Waals surface area (Å²) in [4.78, 5) is 4.04. The minimum Gasteiger partial charge on any atom is -0.324 e. The average Bonchev–Trinajstić information content (AvgIpc) is 3.03. The molecule has 0 amide bonds. The number of halogens is 1. The summed E-state index contributed by atoms with van der Waals surface area (Å²) in [5, 5.41) is 8.74. The van der Waals surface area contributed by atoms with E-state index < -0.39 is 0 Å². The monoisotopic (exact) mass is 313 g/mol. The van der Waals surface area contributed by atoms with Crippen molar-refractivity contribution in [2.24, 2.45) is 5.73 Å². The molecule has 0 bridgehead atoms. The van der Waals surface area contributed by atoms with Crippen molar-refractivity contribution in [3.8, 4) is 5.69 Å². The second kappa shape index (κ2) is 6.68. The molecule has 0 fully saturated rings. The van der Waals surface area contributed by atoms with Gasteiger partial charge >= 0.3 is 0 Å². The average molecular weight is 314 g/mol. The Balaban J connectivity index is 1.63. The molecule has 6 heteroatoms. The minimum atomic E-state index is 0.00329. The van der Waals surface area contributed by atoms with Gasteiger partial charge in [-0.25, -0.2) is 9.67 Å². The zero-order valence-electron chi connectivity index (χ0n) is 11.9. The number of hydrogen-bond donors (Lipinski definition) is 1. The van der Waals surface area contributed by atoms with Crippen LogP contribution in [0.1, 0.15) is 23.7 Å². The first-order chi connectivity index (χ1) is 10.7. The Labute approximate surface area is 133 Å². The van der Waals surface area contributed by atoms with Crippen LogP contribution in [0.25, 0.3) is 5.69 Å². The number of benzene rings is 1. The zero-order valence-corrected chi connectivity index (χ0v) is 12.7. The van der Waals surface area contributed by atoms with Gasteiger partial charge in [0.2, 0.25) is 0 Å². The van der Waals surface area contributed by atoms with Crippen molar-refractivity contribution < 1.29 is 0 Å². The lowest BCUT2D eigenvalue weighted by atomic mass is 10.0. The minimum absolute atomic E-state index is 0.00329. The predicted octanol–water partition coefficient (Wildman–Crippen LogP) is 2.95. The van der Waals surface area contributed by atoms with E-state index in [4.69, 9.17) is 17.3 Å². The maximum atomic E-state index is 6.20. The van der Waals surface area contributed by atoms with Gasteiger partial charge in [-0.05, 0) is 30.5 Å². The first-order valence-corrected chi connectivity index (χ1v) is 7.44. The highest BCUT2D eigenvalue weighted by molar-refractivity contribution is 6.29. The van der Waals surface area contributed by atoms with Crippen LogP contribution < -0.4 is 5.73 Å². The molecule has 3 rings (SSSR count). The Hall–Kier alpha value is -2.24. The van der Waals surface area contributed by atoms with Gasteiger partial charge in [-0.3, -0.25) is 0 Å². The number of nitrogens with two attached hydrogens (primary N) is 1. The Bertz CT molecular complexity index is 724. The largest absolute Gasteiger partial charge is 0.324 e. The molecule has 0 saturated carbocycles. The molecule has 1 aromatic carbocycles. The van der Waals surface area contributed by atoms with Crippen LogP contribution in [0.3, 0.4) is 0 Å². The van der Waals surface area contributed by atoms with E-state index in [1.165, 1.54) is 0 Å². The molecule has 1 unspecified atom stereocenters. The number of aromatic nitrogens is 4. The van der Waals surface area contributed by atoms with Crippen LogP contribution in [0.15, 0.2) is 54.9 Å². The third-order valence-corrected chi connectivity index (χ3v) is 3.68. The van der Waals surface area contributed by atoms with Gasteiger partial charge < -0.3 is 5.73 Å². The highest BCUT2D eigenvalue weighted by Gasteiger charge is 2.08. The molecule has 0 radical (unpaired) electrons. The molecule has 0 aliphatic heterocycles. The summed E-state index contributed by atoms with van der Waals surface area (Å²) in [7, 11) is 0. The summed E-state index contributed by atoms with van der Waals surface area (Å²) in [5.74, 6) is 0. The fourth-order valence-corrected chi connectivity index (χ4v) is 2.32. The lowest BCUT2D eigenvalue weighted by Crippen LogP contribution is -2.11. The second-order valence-corrected chi connectivity index (χ2v) is 5.44. The van der Waals surface area contributed by atoms with E-state index >= 15 is 0 Å². The molecule has 2 N–H and O–H groups in total. The Kier molecular flexibility index (Phi) is 4.46. The van der Waals surface area contributed by atoms with Crippen molar-refractivity contribution in [3.05, 3.63) is 71.3 Å². The van der Waals surface area contributed by atoms with Crippen molar-refractivity contribution in [2.45, 2.75) is 18.9 Å². The van der Waals surface area contributed by atoms with E-state index in [0.29, 0.717) is 5.15 Å². The molecule has 2 heterocycles. The van der Waals surface area contributed by atoms with Crippen LogP contribution in [0.5, 0.6) is 0 Å². The van der Waals surface area contributed by atoms with Crippen LogP contribution in [0.4, 0.5) is 0 Å². The van der Waals surface area contributed by atoms with Crippen molar-refractivity contribution in [2.75, 3.05) is 0 Å². The van der Waals surface area contributed by atoms with Gasteiger partial charge in [-0.2, -0.15) is 0 Å². The van der Waals surface area contributed by atoms with E-state index in [2.05, 4.69) is 15.3 Å². The Morgan fingerprint density at radius 2 is 1.95 bits per heavy atom. The van der Waals surface area contributed by atoms with Crippen LogP contribution in [0, 0.1) is 0 Å². The molecule has 112 valence electrons. The topological polar surface area (TPSA) is 69.6 Å². The first kappa shape index (κ1) is 14.7. The lowest BCUT2D eigenvalue weighted by molar-refractivity contribution is 0.642. The molecule has 0 spiro atoms. The first-order valence-electron chi connectivity index (χ1n) is 7.06. The van der Waals surface area contributed by atoms with E-state index in [-0.39, 0.29) is 6.04 Å². The molecule has 2 aromatic heterocycles. The van der Waals surface area contributed by atoms with Gasteiger partial charge in [-0.15, -0.1) is 5.10 Å². The summed E-state index contributed by atoms with van der Waals surface area (Å²) in [6.07, 6.45) is 5.15. The fourth-order valence-electron chi connectivity index (χ4n) is 2.21. The third-order valence-electron chi connectivity index (χ3n) is 3.46. The van der Waals surface area contributed by atoms with Gasteiger partial charge in [0.15, 0.2) is 0 Å². The summed E-state index contributed by atoms with van der Waals surface area (Å²) in [6, 6.07) is 13.7. The van der Waals surface area contributed by atoms with E-state index in [9.17, 15) is 0 Å². The molecular formula is C16H16ClN5. The highest BCUT2D eigenvalue weighted by atomic mass is 35.5. The van der Waals surface area contributed by atoms with Crippen LogP contribution in [-0.2, 0) is 6.42 Å². The number of aryl methyl sites for hydroxylation is 1. The molecule has 1 atom stereocenters. The molecule has 22 heavy (non-hydrogen) atoms. The zero-order chi connectivity index (χ0) is 15.4.